The zero-order valence-corrected chi connectivity index (χ0v) is 13.2. The highest BCUT2D eigenvalue weighted by Crippen LogP contribution is 2.56. The number of rotatable bonds is 5. The van der Waals surface area contributed by atoms with Crippen LogP contribution in [0.1, 0.15) is 31.7 Å². The summed E-state index contributed by atoms with van der Waals surface area (Å²) in [6, 6.07) is 5.10. The maximum absolute atomic E-state index is 12.6. The topological polar surface area (TPSA) is 17.1 Å². The number of hydrogen-bond acceptors (Lipinski definition) is 2. The Hall–Kier alpha value is -0.440. The number of carbonyl (C=O) groups is 1. The van der Waals surface area contributed by atoms with Crippen LogP contribution < -0.4 is 0 Å². The summed E-state index contributed by atoms with van der Waals surface area (Å²) in [5.74, 6) is 0.0681. The predicted molar refractivity (Wildman–Crippen MR) is 85.2 cm³/mol. The van der Waals surface area contributed by atoms with Crippen LogP contribution in [-0.4, -0.2) is 11.0 Å². The Morgan fingerprint density at radius 3 is 2.63 bits per heavy atom. The van der Waals surface area contributed by atoms with Crippen molar-refractivity contribution in [3.8, 4) is 0 Å². The van der Waals surface area contributed by atoms with E-state index in [0.29, 0.717) is 21.2 Å². The smallest absolute Gasteiger partial charge is 0.170 e. The van der Waals surface area contributed by atoms with Gasteiger partial charge in [-0.3, -0.25) is 4.79 Å². The van der Waals surface area contributed by atoms with Crippen molar-refractivity contribution in [2.24, 2.45) is 5.41 Å². The van der Waals surface area contributed by atoms with Gasteiger partial charge in [0.1, 0.15) is 0 Å². The Morgan fingerprint density at radius 1 is 1.53 bits per heavy atom. The van der Waals surface area contributed by atoms with Crippen LogP contribution in [0.2, 0.25) is 10.0 Å². The lowest BCUT2D eigenvalue weighted by Gasteiger charge is -2.16. The fraction of sp³-hybridized carbons (Fsp3) is 0.400. The lowest BCUT2D eigenvalue weighted by atomic mass is 9.88. The third-order valence-electron chi connectivity index (χ3n) is 3.71. The maximum Gasteiger partial charge on any atom is 0.170 e. The number of thiol groups is 1. The molecule has 0 heterocycles. The highest BCUT2D eigenvalue weighted by molar-refractivity contribution is 7.81. The zero-order chi connectivity index (χ0) is 14.2. The lowest BCUT2D eigenvalue weighted by molar-refractivity contribution is -0.118. The van der Waals surface area contributed by atoms with E-state index in [0.717, 1.165) is 19.3 Å². The molecule has 0 aliphatic heterocycles. The van der Waals surface area contributed by atoms with Crippen LogP contribution in [0.4, 0.5) is 0 Å². The molecule has 0 N–H and O–H groups in total. The van der Waals surface area contributed by atoms with Crippen molar-refractivity contribution < 1.29 is 4.79 Å². The zero-order valence-electron chi connectivity index (χ0n) is 10.7. The van der Waals surface area contributed by atoms with E-state index >= 15 is 0 Å². The number of allylic oxidation sites excluding steroid dienone is 1. The molecule has 0 spiro atoms. The fourth-order valence-corrected chi connectivity index (χ4v) is 3.61. The van der Waals surface area contributed by atoms with Crippen molar-refractivity contribution in [2.75, 3.05) is 0 Å². The summed E-state index contributed by atoms with van der Waals surface area (Å²) < 4.78 is 0. The molecule has 1 fully saturated rings. The van der Waals surface area contributed by atoms with Crippen molar-refractivity contribution >= 4 is 47.2 Å². The molecule has 0 amide bonds. The van der Waals surface area contributed by atoms with E-state index in [1.54, 1.807) is 18.2 Å². The van der Waals surface area contributed by atoms with Crippen LogP contribution in [-0.2, 0) is 4.79 Å². The quantitative estimate of drug-likeness (QED) is 0.593. The van der Waals surface area contributed by atoms with Crippen LogP contribution >= 0.6 is 35.8 Å². The largest absolute Gasteiger partial charge is 0.294 e. The average molecular weight is 315 g/mol. The first-order valence-electron chi connectivity index (χ1n) is 6.29. The molecule has 1 nitrogen and oxygen atoms in total. The summed E-state index contributed by atoms with van der Waals surface area (Å²) >= 11 is 16.5. The van der Waals surface area contributed by atoms with E-state index < -0.39 is 0 Å². The van der Waals surface area contributed by atoms with Gasteiger partial charge in [-0.05, 0) is 25.0 Å². The van der Waals surface area contributed by atoms with Crippen molar-refractivity contribution in [3.05, 3.63) is 40.4 Å². The minimum absolute atomic E-state index is 0.0681. The summed E-state index contributed by atoms with van der Waals surface area (Å²) in [7, 11) is 0. The van der Waals surface area contributed by atoms with Crippen molar-refractivity contribution in [2.45, 2.75) is 31.4 Å². The molecule has 0 saturated heterocycles. The monoisotopic (exact) mass is 314 g/mol. The van der Waals surface area contributed by atoms with E-state index in [9.17, 15) is 4.79 Å². The Bertz CT molecular complexity index is 541. The third-order valence-corrected chi connectivity index (χ3v) is 4.94. The first-order chi connectivity index (χ1) is 8.92. The molecule has 1 aromatic carbocycles. The highest BCUT2D eigenvalue weighted by atomic mass is 35.5. The molecule has 1 saturated carbocycles. The number of ketones is 1. The van der Waals surface area contributed by atoms with E-state index in [1.165, 1.54) is 0 Å². The van der Waals surface area contributed by atoms with Gasteiger partial charge in [-0.25, -0.2) is 0 Å². The Kier molecular flexibility index (Phi) is 4.34. The molecule has 0 aromatic heterocycles. The fourth-order valence-electron chi connectivity index (χ4n) is 2.52. The summed E-state index contributed by atoms with van der Waals surface area (Å²) in [6.07, 6.45) is 2.64. The summed E-state index contributed by atoms with van der Waals surface area (Å²) in [5.41, 5.74) is 0.795. The third kappa shape index (κ3) is 2.72. The molecule has 4 heteroatoms. The van der Waals surface area contributed by atoms with Crippen LogP contribution in [0.3, 0.4) is 0 Å². The first kappa shape index (κ1) is 15.0. The summed E-state index contributed by atoms with van der Waals surface area (Å²) in [6.45, 7) is 6.00. The number of halogens is 2. The normalized spacial score (nSPS) is 25.2. The molecule has 1 aliphatic rings. The molecule has 1 aliphatic carbocycles. The van der Waals surface area contributed by atoms with Gasteiger partial charge in [0.2, 0.25) is 0 Å². The van der Waals surface area contributed by atoms with Gasteiger partial charge in [0, 0.05) is 31.8 Å². The number of carbonyl (C=O) groups excluding carboxylic acids is 1. The molecule has 19 heavy (non-hydrogen) atoms. The second-order valence-electron chi connectivity index (χ2n) is 5.06. The second-order valence-corrected chi connectivity index (χ2v) is 6.52. The molecule has 2 unspecified atom stereocenters. The molecular weight excluding hydrogens is 299 g/mol. The minimum atomic E-state index is -0.335. The Labute approximate surface area is 129 Å². The highest BCUT2D eigenvalue weighted by Gasteiger charge is 2.57. The SMILES string of the molecule is C=C(C(=O)C1(CCC)CC1S)c1ccc(Cl)cc1Cl. The molecular formula is C15H16Cl2OS. The van der Waals surface area contributed by atoms with Crippen LogP contribution in [0.15, 0.2) is 24.8 Å². The van der Waals surface area contributed by atoms with E-state index in [4.69, 9.17) is 23.2 Å². The van der Waals surface area contributed by atoms with E-state index in [1.807, 2.05) is 0 Å². The first-order valence-corrected chi connectivity index (χ1v) is 7.57. The molecule has 102 valence electrons. The number of hydrogen-bond donors (Lipinski definition) is 1. The molecule has 0 radical (unpaired) electrons. The molecule has 0 bridgehead atoms. The van der Waals surface area contributed by atoms with Gasteiger partial charge >= 0.3 is 0 Å². The van der Waals surface area contributed by atoms with Crippen LogP contribution in [0, 0.1) is 5.41 Å². The summed E-state index contributed by atoms with van der Waals surface area (Å²) in [5, 5.41) is 1.16. The number of Topliss-reactive ketones (excluding diaryl/α,β-unsaturated/α-hetero) is 1. The second kappa shape index (κ2) is 5.51. The van der Waals surface area contributed by atoms with Gasteiger partial charge in [-0.15, -0.1) is 0 Å². The standard InChI is InChI=1S/C15H16Cl2OS/c1-3-6-15(8-13(15)19)14(18)9(2)11-5-4-10(16)7-12(11)17/h4-5,7,13,19H,2-3,6,8H2,1H3. The van der Waals surface area contributed by atoms with E-state index in [2.05, 4.69) is 26.1 Å². The average Bonchev–Trinajstić information content (AvgIpc) is 3.00. The van der Waals surface area contributed by atoms with Crippen molar-refractivity contribution in [3.63, 3.8) is 0 Å². The molecule has 1 aromatic rings. The van der Waals surface area contributed by atoms with Gasteiger partial charge in [0.15, 0.2) is 5.78 Å². The number of benzene rings is 1. The van der Waals surface area contributed by atoms with Crippen molar-refractivity contribution in [1.29, 1.82) is 0 Å². The van der Waals surface area contributed by atoms with Gasteiger partial charge in [-0.1, -0.05) is 49.2 Å². The minimum Gasteiger partial charge on any atom is -0.294 e. The van der Waals surface area contributed by atoms with Gasteiger partial charge in [0.05, 0.1) is 0 Å². The van der Waals surface area contributed by atoms with Gasteiger partial charge in [0.25, 0.3) is 0 Å². The Balaban J connectivity index is 2.27. The van der Waals surface area contributed by atoms with Crippen molar-refractivity contribution in [1.82, 2.24) is 0 Å². The Morgan fingerprint density at radius 2 is 2.16 bits per heavy atom. The van der Waals surface area contributed by atoms with Crippen LogP contribution in [0.5, 0.6) is 0 Å². The van der Waals surface area contributed by atoms with Crippen LogP contribution in [0.25, 0.3) is 5.57 Å². The van der Waals surface area contributed by atoms with E-state index in [-0.39, 0.29) is 16.4 Å². The van der Waals surface area contributed by atoms with Gasteiger partial charge in [-0.2, -0.15) is 12.6 Å². The molecule has 2 atom stereocenters. The molecule has 2 rings (SSSR count). The lowest BCUT2D eigenvalue weighted by Crippen LogP contribution is -2.19. The predicted octanol–water partition coefficient (Wildman–Crippen LogP) is 5.06. The summed E-state index contributed by atoms with van der Waals surface area (Å²) in [4.78, 5) is 12.6. The van der Waals surface area contributed by atoms with Gasteiger partial charge < -0.3 is 0 Å². The maximum atomic E-state index is 12.6.